The van der Waals surface area contributed by atoms with E-state index in [-0.39, 0.29) is 0 Å². The monoisotopic (exact) mass is 232 g/mol. The molecule has 2 aromatic rings. The quantitative estimate of drug-likeness (QED) is 0.727. The van der Waals surface area contributed by atoms with E-state index in [0.29, 0.717) is 12.1 Å². The van der Waals surface area contributed by atoms with Gasteiger partial charge < -0.3 is 10.7 Å². The van der Waals surface area contributed by atoms with Gasteiger partial charge in [-0.05, 0) is 18.6 Å². The molecule has 0 radical (unpaired) electrons. The molecule has 0 fully saturated rings. The zero-order valence-corrected chi connectivity index (χ0v) is 9.79. The maximum absolute atomic E-state index is 11.3. The second-order valence-electron chi connectivity index (χ2n) is 4.02. The van der Waals surface area contributed by atoms with E-state index < -0.39 is 5.91 Å². The Bertz CT molecular complexity index is 499. The first kappa shape index (κ1) is 11.4. The lowest BCUT2D eigenvalue weighted by atomic mass is 10.0. The number of carbonyl (C=O) groups is 1. The highest BCUT2D eigenvalue weighted by molar-refractivity contribution is 5.92. The van der Waals surface area contributed by atoms with Crippen molar-refractivity contribution in [2.45, 2.75) is 26.2 Å². The summed E-state index contributed by atoms with van der Waals surface area (Å²) in [5.41, 5.74) is 8.62. The fourth-order valence-electron chi connectivity index (χ4n) is 1.92. The van der Waals surface area contributed by atoms with Crippen LogP contribution in [0.3, 0.4) is 0 Å². The fourth-order valence-corrected chi connectivity index (χ4v) is 1.92. The van der Waals surface area contributed by atoms with Gasteiger partial charge in [0.05, 0.1) is 0 Å². The Hall–Kier alpha value is -2.04. The SMILES string of the molecule is CCCc1[nH]nc(C(N)=O)c1Cc1ccc[nH]1. The number of carbonyl (C=O) groups excluding carboxylic acids is 1. The highest BCUT2D eigenvalue weighted by atomic mass is 16.1. The van der Waals surface area contributed by atoms with Crippen molar-refractivity contribution in [1.29, 1.82) is 0 Å². The van der Waals surface area contributed by atoms with Crippen LogP contribution in [0.1, 0.15) is 40.8 Å². The van der Waals surface area contributed by atoms with Crippen LogP contribution in [0.5, 0.6) is 0 Å². The van der Waals surface area contributed by atoms with Gasteiger partial charge in [0.25, 0.3) is 5.91 Å². The molecule has 0 aliphatic heterocycles. The van der Waals surface area contributed by atoms with Crippen molar-refractivity contribution in [2.24, 2.45) is 5.73 Å². The highest BCUT2D eigenvalue weighted by Crippen LogP contribution is 2.17. The van der Waals surface area contributed by atoms with E-state index in [1.807, 2.05) is 18.3 Å². The molecule has 0 aliphatic rings. The maximum Gasteiger partial charge on any atom is 0.269 e. The van der Waals surface area contributed by atoms with E-state index in [4.69, 9.17) is 5.73 Å². The van der Waals surface area contributed by atoms with Gasteiger partial charge in [-0.3, -0.25) is 9.89 Å². The van der Waals surface area contributed by atoms with Crippen LogP contribution in [-0.4, -0.2) is 21.1 Å². The topological polar surface area (TPSA) is 87.6 Å². The van der Waals surface area contributed by atoms with Gasteiger partial charge in [-0.25, -0.2) is 0 Å². The largest absolute Gasteiger partial charge is 0.365 e. The van der Waals surface area contributed by atoms with Crippen LogP contribution < -0.4 is 5.73 Å². The lowest BCUT2D eigenvalue weighted by Gasteiger charge is -2.02. The Morgan fingerprint density at radius 3 is 2.94 bits per heavy atom. The summed E-state index contributed by atoms with van der Waals surface area (Å²) in [5.74, 6) is -0.481. The van der Waals surface area contributed by atoms with Gasteiger partial charge in [0.2, 0.25) is 0 Å². The van der Waals surface area contributed by atoms with E-state index in [0.717, 1.165) is 29.8 Å². The highest BCUT2D eigenvalue weighted by Gasteiger charge is 2.17. The van der Waals surface area contributed by atoms with Crippen molar-refractivity contribution in [3.05, 3.63) is 41.0 Å². The summed E-state index contributed by atoms with van der Waals surface area (Å²) >= 11 is 0. The van der Waals surface area contributed by atoms with Crippen molar-refractivity contribution in [3.8, 4) is 0 Å². The molecular weight excluding hydrogens is 216 g/mol. The number of nitrogens with two attached hydrogens (primary N) is 1. The molecule has 0 aliphatic carbocycles. The lowest BCUT2D eigenvalue weighted by Crippen LogP contribution is -2.14. The van der Waals surface area contributed by atoms with Gasteiger partial charge in [0.15, 0.2) is 5.69 Å². The molecule has 2 aromatic heterocycles. The van der Waals surface area contributed by atoms with Crippen LogP contribution in [0.25, 0.3) is 0 Å². The number of hydrogen-bond donors (Lipinski definition) is 3. The number of aromatic amines is 2. The number of amides is 1. The molecule has 0 unspecified atom stereocenters. The molecule has 4 N–H and O–H groups in total. The normalized spacial score (nSPS) is 10.6. The van der Waals surface area contributed by atoms with E-state index >= 15 is 0 Å². The van der Waals surface area contributed by atoms with Crippen molar-refractivity contribution in [2.75, 3.05) is 0 Å². The summed E-state index contributed by atoms with van der Waals surface area (Å²) in [4.78, 5) is 14.4. The molecule has 0 saturated heterocycles. The molecule has 5 nitrogen and oxygen atoms in total. The number of nitrogens with one attached hydrogen (secondary N) is 2. The molecular formula is C12H16N4O. The zero-order valence-electron chi connectivity index (χ0n) is 9.79. The van der Waals surface area contributed by atoms with E-state index in [1.165, 1.54) is 0 Å². The molecule has 0 saturated carbocycles. The zero-order chi connectivity index (χ0) is 12.3. The maximum atomic E-state index is 11.3. The number of aryl methyl sites for hydroxylation is 1. The average molecular weight is 232 g/mol. The third kappa shape index (κ3) is 2.38. The summed E-state index contributed by atoms with van der Waals surface area (Å²) in [7, 11) is 0. The third-order valence-corrected chi connectivity index (χ3v) is 2.72. The minimum Gasteiger partial charge on any atom is -0.365 e. The standard InChI is InChI=1S/C12H16N4O/c1-2-4-10-9(7-8-5-3-6-14-8)11(12(13)17)16-15-10/h3,5-6,14H,2,4,7H2,1H3,(H2,13,17)(H,15,16). The van der Waals surface area contributed by atoms with Gasteiger partial charge in [-0.1, -0.05) is 13.3 Å². The van der Waals surface area contributed by atoms with E-state index in [9.17, 15) is 4.79 Å². The second-order valence-corrected chi connectivity index (χ2v) is 4.02. The minimum absolute atomic E-state index is 0.350. The van der Waals surface area contributed by atoms with Gasteiger partial charge in [-0.2, -0.15) is 5.10 Å². The average Bonchev–Trinajstić information content (AvgIpc) is 2.90. The summed E-state index contributed by atoms with van der Waals surface area (Å²) < 4.78 is 0. The molecule has 0 atom stereocenters. The van der Waals surface area contributed by atoms with Gasteiger partial charge in [0.1, 0.15) is 0 Å². The lowest BCUT2D eigenvalue weighted by molar-refractivity contribution is 0.0995. The molecule has 2 heterocycles. The van der Waals surface area contributed by atoms with Crippen molar-refractivity contribution >= 4 is 5.91 Å². The number of aromatic nitrogens is 3. The molecule has 2 rings (SSSR count). The summed E-state index contributed by atoms with van der Waals surface area (Å²) in [6, 6.07) is 3.91. The Balaban J connectivity index is 2.34. The van der Waals surface area contributed by atoms with Gasteiger partial charge in [0, 0.05) is 29.6 Å². The van der Waals surface area contributed by atoms with Crippen LogP contribution in [-0.2, 0) is 12.8 Å². The smallest absolute Gasteiger partial charge is 0.269 e. The van der Waals surface area contributed by atoms with Crippen LogP contribution in [0.2, 0.25) is 0 Å². The van der Waals surface area contributed by atoms with Crippen LogP contribution in [0, 0.1) is 0 Å². The molecule has 0 spiro atoms. The number of nitrogens with zero attached hydrogens (tertiary/aromatic N) is 1. The molecule has 0 bridgehead atoms. The first-order valence-corrected chi connectivity index (χ1v) is 5.70. The predicted octanol–water partition coefficient (Wildman–Crippen LogP) is 1.38. The Labute approximate surface area is 99.4 Å². The fraction of sp³-hybridized carbons (Fsp3) is 0.333. The number of hydrogen-bond acceptors (Lipinski definition) is 2. The number of primary amides is 1. The Morgan fingerprint density at radius 1 is 1.53 bits per heavy atom. The van der Waals surface area contributed by atoms with E-state index in [1.54, 1.807) is 0 Å². The third-order valence-electron chi connectivity index (χ3n) is 2.72. The van der Waals surface area contributed by atoms with Crippen molar-refractivity contribution in [1.82, 2.24) is 15.2 Å². The summed E-state index contributed by atoms with van der Waals surface area (Å²) in [5, 5.41) is 6.91. The first-order valence-electron chi connectivity index (χ1n) is 5.70. The predicted molar refractivity (Wildman–Crippen MR) is 64.7 cm³/mol. The molecule has 5 heteroatoms. The number of rotatable bonds is 5. The molecule has 1 amide bonds. The minimum atomic E-state index is -0.481. The van der Waals surface area contributed by atoms with Gasteiger partial charge in [-0.15, -0.1) is 0 Å². The van der Waals surface area contributed by atoms with Crippen molar-refractivity contribution < 1.29 is 4.79 Å². The number of H-pyrrole nitrogens is 2. The second kappa shape index (κ2) is 4.86. The van der Waals surface area contributed by atoms with Crippen LogP contribution >= 0.6 is 0 Å². The molecule has 17 heavy (non-hydrogen) atoms. The summed E-state index contributed by atoms with van der Waals surface area (Å²) in [6.07, 6.45) is 4.38. The van der Waals surface area contributed by atoms with Crippen LogP contribution in [0.15, 0.2) is 18.3 Å². The molecule has 90 valence electrons. The summed E-state index contributed by atoms with van der Waals surface area (Å²) in [6.45, 7) is 2.09. The first-order chi connectivity index (χ1) is 8.22. The van der Waals surface area contributed by atoms with Crippen LogP contribution in [0.4, 0.5) is 0 Å². The van der Waals surface area contributed by atoms with Gasteiger partial charge >= 0.3 is 0 Å². The Kier molecular flexibility index (Phi) is 3.27. The van der Waals surface area contributed by atoms with E-state index in [2.05, 4.69) is 22.1 Å². The Morgan fingerprint density at radius 2 is 2.35 bits per heavy atom. The van der Waals surface area contributed by atoms with Crippen molar-refractivity contribution in [3.63, 3.8) is 0 Å². The molecule has 0 aromatic carbocycles.